The molecule has 3 N–H and O–H groups in total. The van der Waals surface area contributed by atoms with Gasteiger partial charge in [0.2, 0.25) is 0 Å². The van der Waals surface area contributed by atoms with E-state index in [1.807, 2.05) is 26.0 Å². The Balaban J connectivity index is 2.05. The Morgan fingerprint density at radius 1 is 1.33 bits per heavy atom. The van der Waals surface area contributed by atoms with Crippen LogP contribution in [0, 0.1) is 11.6 Å². The van der Waals surface area contributed by atoms with Crippen molar-refractivity contribution in [1.29, 1.82) is 0 Å². The van der Waals surface area contributed by atoms with Crippen molar-refractivity contribution < 1.29 is 23.8 Å². The topological polar surface area (TPSA) is 69.6 Å². The molecule has 27 heavy (non-hydrogen) atoms. The fourth-order valence-electron chi connectivity index (χ4n) is 2.73. The lowest BCUT2D eigenvalue weighted by Crippen LogP contribution is -2.43. The Morgan fingerprint density at radius 3 is 2.63 bits per heavy atom. The maximum absolute atomic E-state index is 14.1. The maximum Gasteiger partial charge on any atom is 0.303 e. The summed E-state index contributed by atoms with van der Waals surface area (Å²) in [6.45, 7) is 3.89. The molecular formula is C19H22ClF2NO3S. The zero-order valence-electron chi connectivity index (χ0n) is 15.1. The van der Waals surface area contributed by atoms with Gasteiger partial charge in [0.1, 0.15) is 0 Å². The van der Waals surface area contributed by atoms with Crippen molar-refractivity contribution in [3.63, 3.8) is 0 Å². The highest BCUT2D eigenvalue weighted by Crippen LogP contribution is 2.26. The van der Waals surface area contributed by atoms with Crippen LogP contribution in [-0.2, 0) is 17.6 Å². The highest BCUT2D eigenvalue weighted by atomic mass is 35.5. The van der Waals surface area contributed by atoms with Crippen molar-refractivity contribution in [2.75, 3.05) is 6.54 Å². The molecule has 0 saturated carbocycles. The van der Waals surface area contributed by atoms with E-state index in [4.69, 9.17) is 16.7 Å². The fourth-order valence-corrected chi connectivity index (χ4v) is 4.05. The van der Waals surface area contributed by atoms with Gasteiger partial charge in [-0.15, -0.1) is 11.3 Å². The monoisotopic (exact) mass is 417 g/mol. The van der Waals surface area contributed by atoms with Gasteiger partial charge in [-0.05, 0) is 56.5 Å². The number of β-amino-alcohol motifs (C(OH)–C–C–N with tert-alkyl or cyclic N) is 1. The minimum Gasteiger partial charge on any atom is -0.481 e. The molecule has 0 aliphatic rings. The van der Waals surface area contributed by atoms with Crippen molar-refractivity contribution in [3.8, 4) is 0 Å². The van der Waals surface area contributed by atoms with E-state index in [9.17, 15) is 18.7 Å². The number of carboxylic acids is 1. The molecule has 0 radical (unpaired) electrons. The number of aliphatic hydroxyl groups excluding tert-OH is 1. The molecule has 1 aromatic heterocycles. The third kappa shape index (κ3) is 6.53. The van der Waals surface area contributed by atoms with Gasteiger partial charge in [-0.3, -0.25) is 4.79 Å². The number of halogens is 3. The first-order chi connectivity index (χ1) is 12.6. The molecule has 8 heteroatoms. The van der Waals surface area contributed by atoms with Crippen LogP contribution in [0.5, 0.6) is 0 Å². The van der Waals surface area contributed by atoms with Gasteiger partial charge < -0.3 is 15.5 Å². The second-order valence-corrected chi connectivity index (χ2v) is 8.84. The number of aliphatic hydroxyl groups is 1. The Labute approximate surface area is 165 Å². The smallest absolute Gasteiger partial charge is 0.303 e. The number of aryl methyl sites for hydroxylation is 1. The normalized spacial score (nSPS) is 13.0. The van der Waals surface area contributed by atoms with Gasteiger partial charge in [0.15, 0.2) is 11.6 Å². The maximum atomic E-state index is 14.1. The fraction of sp³-hybridized carbons (Fsp3) is 0.421. The number of nitrogens with one attached hydrogen (secondary N) is 1. The lowest BCUT2D eigenvalue weighted by Gasteiger charge is -2.27. The summed E-state index contributed by atoms with van der Waals surface area (Å²) in [6.07, 6.45) is -0.748. The van der Waals surface area contributed by atoms with Gasteiger partial charge in [0, 0.05) is 28.9 Å². The highest BCUT2D eigenvalue weighted by Gasteiger charge is 2.23. The highest BCUT2D eigenvalue weighted by molar-refractivity contribution is 7.16. The Hall–Kier alpha value is -1.54. The molecule has 2 aromatic rings. The molecule has 1 atom stereocenters. The van der Waals surface area contributed by atoms with Crippen LogP contribution >= 0.6 is 22.9 Å². The number of thiophene rings is 1. The third-order valence-corrected chi connectivity index (χ3v) is 5.35. The van der Waals surface area contributed by atoms with Crippen molar-refractivity contribution in [1.82, 2.24) is 5.32 Å². The number of rotatable bonds is 9. The van der Waals surface area contributed by atoms with Crippen molar-refractivity contribution >= 4 is 28.9 Å². The van der Waals surface area contributed by atoms with Gasteiger partial charge >= 0.3 is 5.97 Å². The SMILES string of the molecule is CC(C)(Cc1ccc(Cl)s1)NC[C@@H](O)c1cc(CCC(=O)O)cc(F)c1F. The number of carbonyl (C=O) groups is 1. The number of benzene rings is 1. The van der Waals surface area contributed by atoms with E-state index in [0.29, 0.717) is 16.3 Å². The van der Waals surface area contributed by atoms with Crippen molar-refractivity contribution in [2.24, 2.45) is 0 Å². The number of hydrogen-bond acceptors (Lipinski definition) is 4. The van der Waals surface area contributed by atoms with Gasteiger partial charge in [0.25, 0.3) is 0 Å². The van der Waals surface area contributed by atoms with Crippen LogP contribution in [0.25, 0.3) is 0 Å². The molecule has 1 heterocycles. The van der Waals surface area contributed by atoms with Crippen LogP contribution in [0.4, 0.5) is 8.78 Å². The van der Waals surface area contributed by atoms with Crippen LogP contribution in [-0.4, -0.2) is 28.3 Å². The van der Waals surface area contributed by atoms with E-state index >= 15 is 0 Å². The third-order valence-electron chi connectivity index (χ3n) is 4.12. The molecule has 2 rings (SSSR count). The summed E-state index contributed by atoms with van der Waals surface area (Å²) in [5.41, 5.74) is -0.249. The predicted octanol–water partition coefficient (Wildman–Crippen LogP) is 4.34. The lowest BCUT2D eigenvalue weighted by atomic mass is 9.97. The largest absolute Gasteiger partial charge is 0.481 e. The molecule has 148 valence electrons. The van der Waals surface area contributed by atoms with E-state index in [-0.39, 0.29) is 24.9 Å². The summed E-state index contributed by atoms with van der Waals surface area (Å²) in [6, 6.07) is 6.02. The molecule has 0 spiro atoms. The predicted molar refractivity (Wildman–Crippen MR) is 102 cm³/mol. The van der Waals surface area contributed by atoms with Gasteiger partial charge in [-0.1, -0.05) is 11.6 Å². The van der Waals surface area contributed by atoms with Crippen LogP contribution in [0.1, 0.15) is 42.4 Å². The zero-order chi connectivity index (χ0) is 20.2. The molecule has 0 fully saturated rings. The van der Waals surface area contributed by atoms with E-state index in [1.54, 1.807) is 0 Å². The van der Waals surface area contributed by atoms with Gasteiger partial charge in [-0.2, -0.15) is 0 Å². The molecule has 1 aromatic carbocycles. The second-order valence-electron chi connectivity index (χ2n) is 7.04. The first-order valence-electron chi connectivity index (χ1n) is 8.44. The Bertz CT molecular complexity index is 810. The van der Waals surface area contributed by atoms with Gasteiger partial charge in [0.05, 0.1) is 10.4 Å². The first-order valence-corrected chi connectivity index (χ1v) is 9.64. The number of aliphatic carboxylic acids is 1. The van der Waals surface area contributed by atoms with E-state index in [0.717, 1.165) is 10.9 Å². The Morgan fingerprint density at radius 2 is 2.04 bits per heavy atom. The molecule has 0 amide bonds. The van der Waals surface area contributed by atoms with Crippen molar-refractivity contribution in [3.05, 3.63) is 56.2 Å². The number of hydrogen-bond donors (Lipinski definition) is 3. The molecule has 0 aliphatic heterocycles. The summed E-state index contributed by atoms with van der Waals surface area (Å²) in [4.78, 5) is 11.7. The van der Waals surface area contributed by atoms with Gasteiger partial charge in [-0.25, -0.2) is 8.78 Å². The minimum atomic E-state index is -1.27. The number of carboxylic acid groups (broad SMARTS) is 1. The second kappa shape index (κ2) is 9.10. The summed E-state index contributed by atoms with van der Waals surface area (Å²) in [7, 11) is 0. The molecule has 0 unspecified atom stereocenters. The van der Waals surface area contributed by atoms with E-state index in [2.05, 4.69) is 5.32 Å². The average molecular weight is 418 g/mol. The average Bonchev–Trinajstić information content (AvgIpc) is 2.97. The van der Waals surface area contributed by atoms with Crippen LogP contribution in [0.3, 0.4) is 0 Å². The van der Waals surface area contributed by atoms with Crippen LogP contribution in [0.2, 0.25) is 4.34 Å². The van der Waals surface area contributed by atoms with Crippen molar-refractivity contribution in [2.45, 2.75) is 44.8 Å². The summed E-state index contributed by atoms with van der Waals surface area (Å²) in [5.74, 6) is -3.25. The Kier molecular flexibility index (Phi) is 7.33. The zero-order valence-corrected chi connectivity index (χ0v) is 16.6. The lowest BCUT2D eigenvalue weighted by molar-refractivity contribution is -0.136. The van der Waals surface area contributed by atoms with Crippen LogP contribution in [0.15, 0.2) is 24.3 Å². The first kappa shape index (κ1) is 21.8. The van der Waals surface area contributed by atoms with E-state index < -0.39 is 29.2 Å². The molecule has 0 bridgehead atoms. The minimum absolute atomic E-state index is 0.0187. The standard InChI is InChI=1S/C19H22ClF2NO3S/c1-19(2,9-12-4-5-16(20)27-12)23-10-15(24)13-7-11(3-6-17(25)26)8-14(21)18(13)22/h4-5,7-8,15,23-24H,3,6,9-10H2,1-2H3,(H,25,26)/t15-/m1/s1. The molecule has 0 saturated heterocycles. The quantitative estimate of drug-likeness (QED) is 0.567. The van der Waals surface area contributed by atoms with E-state index in [1.165, 1.54) is 17.4 Å². The summed E-state index contributed by atoms with van der Waals surface area (Å²) in [5, 5.41) is 22.3. The summed E-state index contributed by atoms with van der Waals surface area (Å²) >= 11 is 7.40. The van der Waals surface area contributed by atoms with Crippen LogP contribution < -0.4 is 5.32 Å². The molecule has 0 aliphatic carbocycles. The summed E-state index contributed by atoms with van der Waals surface area (Å²) < 4.78 is 28.6. The molecular weight excluding hydrogens is 396 g/mol. The molecule has 4 nitrogen and oxygen atoms in total.